The fourth-order valence-electron chi connectivity index (χ4n) is 3.55. The number of nitrogens with zero attached hydrogens (tertiary/aromatic N) is 6. The normalized spacial score (nSPS) is 17.0. The molecule has 10 heteroatoms. The minimum Gasteiger partial charge on any atom is -0.422 e. The average molecular weight is 416 g/mol. The molecule has 0 unspecified atom stereocenters. The number of carbonyl (C=O) groups is 1. The van der Waals surface area contributed by atoms with E-state index >= 15 is 0 Å². The van der Waals surface area contributed by atoms with E-state index in [0.29, 0.717) is 31.3 Å². The van der Waals surface area contributed by atoms with Gasteiger partial charge in [-0.2, -0.15) is 5.10 Å². The monoisotopic (exact) mass is 416 g/mol. The van der Waals surface area contributed by atoms with Gasteiger partial charge in [-0.15, -0.1) is 10.2 Å². The summed E-state index contributed by atoms with van der Waals surface area (Å²) in [6.07, 6.45) is 3.98. The zero-order valence-electron chi connectivity index (χ0n) is 16.8. The highest BCUT2D eigenvalue weighted by Crippen LogP contribution is 2.31. The Morgan fingerprint density at radius 2 is 2.07 bits per heavy atom. The van der Waals surface area contributed by atoms with Gasteiger partial charge < -0.3 is 14.2 Å². The van der Waals surface area contributed by atoms with Gasteiger partial charge in [-0.3, -0.25) is 4.79 Å². The minimum atomic E-state index is -0.757. The van der Waals surface area contributed by atoms with Crippen LogP contribution in [0.4, 0.5) is 8.78 Å². The van der Waals surface area contributed by atoms with E-state index in [1.165, 1.54) is 23.0 Å². The Morgan fingerprint density at radius 3 is 2.83 bits per heavy atom. The molecule has 1 atom stereocenters. The second-order valence-corrected chi connectivity index (χ2v) is 7.52. The first-order valence-electron chi connectivity index (χ1n) is 9.71. The maximum absolute atomic E-state index is 14.0. The summed E-state index contributed by atoms with van der Waals surface area (Å²) in [5.74, 6) is -0.836. The summed E-state index contributed by atoms with van der Waals surface area (Å²) in [6, 6.07) is 4.38. The predicted molar refractivity (Wildman–Crippen MR) is 103 cm³/mol. The van der Waals surface area contributed by atoms with E-state index in [1.54, 1.807) is 4.90 Å². The Balaban J connectivity index is 1.57. The second kappa shape index (κ2) is 8.31. The van der Waals surface area contributed by atoms with Crippen LogP contribution in [0.25, 0.3) is 5.69 Å². The van der Waals surface area contributed by atoms with Crippen molar-refractivity contribution in [2.45, 2.75) is 31.8 Å². The number of amides is 1. The van der Waals surface area contributed by atoms with Crippen molar-refractivity contribution >= 4 is 5.91 Å². The van der Waals surface area contributed by atoms with E-state index in [2.05, 4.69) is 15.3 Å². The maximum Gasteiger partial charge on any atom is 0.275 e. The minimum absolute atomic E-state index is 0.0656. The number of likely N-dealkylation sites (tertiary alicyclic amines) is 1. The van der Waals surface area contributed by atoms with E-state index in [1.807, 2.05) is 19.0 Å². The molecule has 3 heterocycles. The van der Waals surface area contributed by atoms with Crippen molar-refractivity contribution in [3.63, 3.8) is 0 Å². The molecule has 0 saturated carbocycles. The molecule has 8 nitrogen and oxygen atoms in total. The first-order chi connectivity index (χ1) is 14.4. The molecule has 1 aromatic carbocycles. The quantitative estimate of drug-likeness (QED) is 0.636. The van der Waals surface area contributed by atoms with Crippen LogP contribution in [0.1, 0.15) is 47.6 Å². The number of hydrogen-bond acceptors (Lipinski definition) is 6. The lowest BCUT2D eigenvalue weighted by molar-refractivity contribution is 0.0562. The fraction of sp³-hybridized carbons (Fsp3) is 0.400. The third kappa shape index (κ3) is 4.09. The fourth-order valence-corrected chi connectivity index (χ4v) is 3.55. The third-order valence-electron chi connectivity index (χ3n) is 4.95. The van der Waals surface area contributed by atoms with Gasteiger partial charge in [0.25, 0.3) is 5.91 Å². The van der Waals surface area contributed by atoms with Crippen molar-refractivity contribution < 1.29 is 18.0 Å². The van der Waals surface area contributed by atoms with Crippen molar-refractivity contribution in [2.75, 3.05) is 20.6 Å². The number of rotatable bonds is 5. The zero-order valence-corrected chi connectivity index (χ0v) is 16.8. The molecule has 30 heavy (non-hydrogen) atoms. The first kappa shape index (κ1) is 20.1. The standard InChI is InChI=1S/C20H22F2N6O2/c1-26(2)12-18-23-24-19(30-18)17-5-3-4-9-27(17)20(29)15-8-10-28(25-15)16-7-6-13(21)11-14(16)22/h6-8,10-11,17H,3-5,9,12H2,1-2H3/t17-/m0/s1. The zero-order chi connectivity index (χ0) is 21.3. The van der Waals surface area contributed by atoms with Crippen LogP contribution in [0.5, 0.6) is 0 Å². The van der Waals surface area contributed by atoms with Crippen LogP contribution < -0.4 is 0 Å². The first-order valence-corrected chi connectivity index (χ1v) is 9.71. The summed E-state index contributed by atoms with van der Waals surface area (Å²) in [7, 11) is 3.81. The lowest BCUT2D eigenvalue weighted by Gasteiger charge is -2.33. The Bertz CT molecular complexity index is 1050. The van der Waals surface area contributed by atoms with Crippen LogP contribution in [-0.4, -0.2) is 56.3 Å². The van der Waals surface area contributed by atoms with E-state index in [-0.39, 0.29) is 23.3 Å². The number of hydrogen-bond donors (Lipinski definition) is 0. The number of halogens is 2. The highest BCUT2D eigenvalue weighted by Gasteiger charge is 2.33. The van der Waals surface area contributed by atoms with Crippen molar-refractivity contribution in [3.8, 4) is 5.69 Å². The topological polar surface area (TPSA) is 80.3 Å². The molecule has 158 valence electrons. The van der Waals surface area contributed by atoms with Crippen LogP contribution >= 0.6 is 0 Å². The molecule has 0 aliphatic carbocycles. The summed E-state index contributed by atoms with van der Waals surface area (Å²) in [6.45, 7) is 1.05. The van der Waals surface area contributed by atoms with Gasteiger partial charge in [0.15, 0.2) is 11.5 Å². The molecule has 1 aliphatic heterocycles. The third-order valence-corrected chi connectivity index (χ3v) is 4.95. The summed E-state index contributed by atoms with van der Waals surface area (Å²) in [4.78, 5) is 16.7. The summed E-state index contributed by atoms with van der Waals surface area (Å²) in [5.41, 5.74) is 0.231. The van der Waals surface area contributed by atoms with Crippen molar-refractivity contribution in [1.82, 2.24) is 29.8 Å². The Morgan fingerprint density at radius 1 is 1.23 bits per heavy atom. The summed E-state index contributed by atoms with van der Waals surface area (Å²) >= 11 is 0. The lowest BCUT2D eigenvalue weighted by atomic mass is 10.0. The molecule has 2 aromatic heterocycles. The second-order valence-electron chi connectivity index (χ2n) is 7.52. The van der Waals surface area contributed by atoms with Crippen LogP contribution in [-0.2, 0) is 6.54 Å². The van der Waals surface area contributed by atoms with Gasteiger partial charge in [-0.1, -0.05) is 0 Å². The van der Waals surface area contributed by atoms with Gasteiger partial charge in [0, 0.05) is 18.8 Å². The number of carbonyl (C=O) groups excluding carboxylic acids is 1. The van der Waals surface area contributed by atoms with E-state index < -0.39 is 11.6 Å². The summed E-state index contributed by atoms with van der Waals surface area (Å²) in [5, 5.41) is 12.4. The lowest BCUT2D eigenvalue weighted by Crippen LogP contribution is -2.39. The molecule has 3 aromatic rings. The van der Waals surface area contributed by atoms with Crippen LogP contribution in [0.2, 0.25) is 0 Å². The Labute approximate surface area is 172 Å². The molecule has 1 saturated heterocycles. The maximum atomic E-state index is 14.0. The van der Waals surface area contributed by atoms with Crippen molar-refractivity contribution in [3.05, 3.63) is 59.6 Å². The van der Waals surface area contributed by atoms with E-state index in [0.717, 1.165) is 25.0 Å². The predicted octanol–water partition coefficient (Wildman–Crippen LogP) is 2.96. The van der Waals surface area contributed by atoms with Gasteiger partial charge in [0.05, 0.1) is 6.54 Å². The molecular formula is C20H22F2N6O2. The smallest absolute Gasteiger partial charge is 0.275 e. The van der Waals surface area contributed by atoms with Gasteiger partial charge in [0.1, 0.15) is 17.5 Å². The van der Waals surface area contributed by atoms with E-state index in [9.17, 15) is 13.6 Å². The molecule has 1 aliphatic rings. The highest BCUT2D eigenvalue weighted by atomic mass is 19.1. The SMILES string of the molecule is CN(C)Cc1nnc([C@@H]2CCCCN2C(=O)c2ccn(-c3ccc(F)cc3F)n2)o1. The van der Waals surface area contributed by atoms with Gasteiger partial charge in [-0.25, -0.2) is 13.5 Å². The molecule has 1 amide bonds. The molecule has 0 radical (unpaired) electrons. The van der Waals surface area contributed by atoms with Gasteiger partial charge >= 0.3 is 0 Å². The number of aromatic nitrogens is 4. The molecule has 0 spiro atoms. The average Bonchev–Trinajstić information content (AvgIpc) is 3.37. The van der Waals surface area contributed by atoms with Crippen LogP contribution in [0.3, 0.4) is 0 Å². The van der Waals surface area contributed by atoms with Gasteiger partial charge in [0.2, 0.25) is 11.8 Å². The van der Waals surface area contributed by atoms with Gasteiger partial charge in [-0.05, 0) is 51.6 Å². The Kier molecular flexibility index (Phi) is 5.58. The molecule has 0 N–H and O–H groups in total. The number of benzene rings is 1. The summed E-state index contributed by atoms with van der Waals surface area (Å²) < 4.78 is 34.2. The number of piperidine rings is 1. The van der Waals surface area contributed by atoms with E-state index in [4.69, 9.17) is 4.42 Å². The largest absolute Gasteiger partial charge is 0.422 e. The highest BCUT2D eigenvalue weighted by molar-refractivity contribution is 5.92. The van der Waals surface area contributed by atoms with Crippen molar-refractivity contribution in [2.24, 2.45) is 0 Å². The molecule has 0 bridgehead atoms. The van der Waals surface area contributed by atoms with Crippen LogP contribution in [0, 0.1) is 11.6 Å². The molecule has 1 fully saturated rings. The van der Waals surface area contributed by atoms with Crippen LogP contribution in [0.15, 0.2) is 34.9 Å². The molecular weight excluding hydrogens is 394 g/mol. The Hall–Kier alpha value is -3.14. The molecule has 4 rings (SSSR count). The van der Waals surface area contributed by atoms with Crippen molar-refractivity contribution in [1.29, 1.82) is 0 Å².